The summed E-state index contributed by atoms with van der Waals surface area (Å²) in [5.74, 6) is 0. The van der Waals surface area contributed by atoms with E-state index in [-0.39, 0.29) is 10.9 Å². The summed E-state index contributed by atoms with van der Waals surface area (Å²) >= 11 is 0. The molecule has 2 aromatic rings. The number of fused-ring (bicyclic) bond motifs is 1. The van der Waals surface area contributed by atoms with Crippen molar-refractivity contribution in [2.45, 2.75) is 44.2 Å². The monoisotopic (exact) mass is 337 g/mol. The predicted molar refractivity (Wildman–Crippen MR) is 88.7 cm³/mol. The van der Waals surface area contributed by atoms with Gasteiger partial charge in [-0.05, 0) is 33.3 Å². The van der Waals surface area contributed by atoms with Gasteiger partial charge < -0.3 is 0 Å². The molecule has 0 saturated carbocycles. The van der Waals surface area contributed by atoms with E-state index in [2.05, 4.69) is 33.6 Å². The highest BCUT2D eigenvalue weighted by atomic mass is 32.2. The molecule has 8 heteroatoms. The first kappa shape index (κ1) is 16.4. The van der Waals surface area contributed by atoms with Crippen LogP contribution >= 0.6 is 0 Å². The molecule has 0 aliphatic carbocycles. The third-order valence-corrected chi connectivity index (χ3v) is 5.91. The van der Waals surface area contributed by atoms with Crippen molar-refractivity contribution in [1.82, 2.24) is 24.4 Å². The summed E-state index contributed by atoms with van der Waals surface area (Å²) in [6, 6.07) is 2.04. The normalized spacial score (nSPS) is 20.0. The summed E-state index contributed by atoms with van der Waals surface area (Å²) in [7, 11) is -1.77. The highest BCUT2D eigenvalue weighted by Gasteiger charge is 2.28. The standard InChI is InChI=1S/C15H23N5O2S/c1-10(2)20-6-5-12(9-20)18-23(21,22)13-7-14-11(3)17-19(4)15(14)16-8-13/h7-8,10,12,18H,5-6,9H2,1-4H3. The third-order valence-electron chi connectivity index (χ3n) is 4.42. The van der Waals surface area contributed by atoms with Crippen molar-refractivity contribution in [3.63, 3.8) is 0 Å². The van der Waals surface area contributed by atoms with Crippen LogP contribution in [0.5, 0.6) is 0 Å². The Morgan fingerprint density at radius 3 is 2.78 bits per heavy atom. The maximum atomic E-state index is 12.6. The van der Waals surface area contributed by atoms with Crippen LogP contribution in [0.2, 0.25) is 0 Å². The SMILES string of the molecule is Cc1nn(C)c2ncc(S(=O)(=O)NC3CCN(C(C)C)C3)cc12. The van der Waals surface area contributed by atoms with E-state index in [9.17, 15) is 8.42 Å². The van der Waals surface area contributed by atoms with Crippen LogP contribution in [-0.4, -0.2) is 53.3 Å². The fourth-order valence-electron chi connectivity index (χ4n) is 3.08. The van der Waals surface area contributed by atoms with Crippen LogP contribution in [0.1, 0.15) is 26.0 Å². The highest BCUT2D eigenvalue weighted by molar-refractivity contribution is 7.89. The van der Waals surface area contributed by atoms with Crippen LogP contribution in [0.15, 0.2) is 17.2 Å². The van der Waals surface area contributed by atoms with Crippen LogP contribution in [-0.2, 0) is 17.1 Å². The van der Waals surface area contributed by atoms with Crippen LogP contribution in [0, 0.1) is 6.92 Å². The van der Waals surface area contributed by atoms with E-state index in [0.717, 1.165) is 30.6 Å². The minimum atomic E-state index is -3.57. The largest absolute Gasteiger partial charge is 0.299 e. The van der Waals surface area contributed by atoms with Gasteiger partial charge in [0.25, 0.3) is 0 Å². The first-order valence-corrected chi connectivity index (χ1v) is 9.32. The second-order valence-electron chi connectivity index (χ2n) is 6.45. The zero-order valence-electron chi connectivity index (χ0n) is 13.9. The first-order chi connectivity index (χ1) is 10.8. The lowest BCUT2D eigenvalue weighted by Crippen LogP contribution is -2.38. The minimum Gasteiger partial charge on any atom is -0.299 e. The Labute approximate surface area is 136 Å². The number of aromatic nitrogens is 3. The molecular formula is C15H23N5O2S. The maximum absolute atomic E-state index is 12.6. The fraction of sp³-hybridized carbons (Fsp3) is 0.600. The molecule has 1 atom stereocenters. The van der Waals surface area contributed by atoms with E-state index in [1.54, 1.807) is 17.8 Å². The second kappa shape index (κ2) is 5.85. The van der Waals surface area contributed by atoms with Gasteiger partial charge in [0.1, 0.15) is 4.90 Å². The average molecular weight is 337 g/mol. The van der Waals surface area contributed by atoms with Crippen molar-refractivity contribution in [2.24, 2.45) is 7.05 Å². The summed E-state index contributed by atoms with van der Waals surface area (Å²) in [6.45, 7) is 7.77. The van der Waals surface area contributed by atoms with Crippen molar-refractivity contribution in [2.75, 3.05) is 13.1 Å². The van der Waals surface area contributed by atoms with Gasteiger partial charge in [-0.1, -0.05) is 0 Å². The number of likely N-dealkylation sites (tertiary alicyclic amines) is 1. The van der Waals surface area contributed by atoms with Gasteiger partial charge >= 0.3 is 0 Å². The average Bonchev–Trinajstić information content (AvgIpc) is 3.04. The molecule has 1 saturated heterocycles. The molecule has 1 fully saturated rings. The molecule has 1 aliphatic rings. The molecule has 1 unspecified atom stereocenters. The Hall–Kier alpha value is -1.51. The Balaban J connectivity index is 1.84. The maximum Gasteiger partial charge on any atom is 0.242 e. The van der Waals surface area contributed by atoms with Gasteiger partial charge in [0.05, 0.1) is 5.69 Å². The fourth-order valence-corrected chi connectivity index (χ4v) is 4.31. The lowest BCUT2D eigenvalue weighted by Gasteiger charge is -2.20. The van der Waals surface area contributed by atoms with E-state index >= 15 is 0 Å². The number of nitrogens with zero attached hydrogens (tertiary/aromatic N) is 4. The molecule has 2 aromatic heterocycles. The molecule has 3 heterocycles. The summed E-state index contributed by atoms with van der Waals surface area (Å²) in [5.41, 5.74) is 1.46. The molecule has 1 aliphatic heterocycles. The zero-order valence-corrected chi connectivity index (χ0v) is 14.8. The quantitative estimate of drug-likeness (QED) is 0.901. The molecule has 7 nitrogen and oxygen atoms in total. The third kappa shape index (κ3) is 3.11. The molecule has 0 spiro atoms. The Kier molecular flexibility index (Phi) is 4.16. The van der Waals surface area contributed by atoms with Crippen LogP contribution < -0.4 is 4.72 Å². The molecule has 126 valence electrons. The zero-order chi connectivity index (χ0) is 16.8. The van der Waals surface area contributed by atoms with E-state index in [1.807, 2.05) is 6.92 Å². The first-order valence-electron chi connectivity index (χ1n) is 7.83. The lowest BCUT2D eigenvalue weighted by atomic mass is 10.3. The number of hydrogen-bond acceptors (Lipinski definition) is 5. The van der Waals surface area contributed by atoms with E-state index in [4.69, 9.17) is 0 Å². The van der Waals surface area contributed by atoms with Crippen molar-refractivity contribution < 1.29 is 8.42 Å². The van der Waals surface area contributed by atoms with Gasteiger partial charge in [-0.15, -0.1) is 0 Å². The van der Waals surface area contributed by atoms with Crippen molar-refractivity contribution in [3.05, 3.63) is 18.0 Å². The smallest absolute Gasteiger partial charge is 0.242 e. The number of hydrogen-bond donors (Lipinski definition) is 1. The number of nitrogens with one attached hydrogen (secondary N) is 1. The minimum absolute atomic E-state index is 0.0481. The van der Waals surface area contributed by atoms with Crippen LogP contribution in [0.25, 0.3) is 11.0 Å². The molecule has 1 N–H and O–H groups in total. The summed E-state index contributed by atoms with van der Waals surface area (Å²) in [6.07, 6.45) is 2.24. The Bertz CT molecular complexity index is 828. The van der Waals surface area contributed by atoms with Gasteiger partial charge in [0.15, 0.2) is 5.65 Å². The van der Waals surface area contributed by atoms with Gasteiger partial charge in [-0.3, -0.25) is 9.58 Å². The van der Waals surface area contributed by atoms with Crippen molar-refractivity contribution in [3.8, 4) is 0 Å². The van der Waals surface area contributed by atoms with Crippen LogP contribution in [0.3, 0.4) is 0 Å². The predicted octanol–water partition coefficient (Wildman–Crippen LogP) is 1.04. The topological polar surface area (TPSA) is 80.1 Å². The molecular weight excluding hydrogens is 314 g/mol. The second-order valence-corrected chi connectivity index (χ2v) is 8.16. The molecule has 0 radical (unpaired) electrons. The Morgan fingerprint density at radius 2 is 2.13 bits per heavy atom. The molecule has 3 rings (SSSR count). The van der Waals surface area contributed by atoms with E-state index in [1.165, 1.54) is 6.20 Å². The molecule has 0 amide bonds. The van der Waals surface area contributed by atoms with Crippen molar-refractivity contribution >= 4 is 21.1 Å². The Morgan fingerprint density at radius 1 is 1.39 bits per heavy atom. The number of rotatable bonds is 4. The summed E-state index contributed by atoms with van der Waals surface area (Å²) in [4.78, 5) is 6.73. The molecule has 0 aromatic carbocycles. The van der Waals surface area contributed by atoms with Gasteiger partial charge in [-0.25, -0.2) is 18.1 Å². The number of aryl methyl sites for hydroxylation is 2. The van der Waals surface area contributed by atoms with E-state index in [0.29, 0.717) is 11.7 Å². The van der Waals surface area contributed by atoms with Crippen LogP contribution in [0.4, 0.5) is 0 Å². The number of pyridine rings is 1. The highest BCUT2D eigenvalue weighted by Crippen LogP contribution is 2.20. The number of sulfonamides is 1. The van der Waals surface area contributed by atoms with Gasteiger partial charge in [-0.2, -0.15) is 5.10 Å². The van der Waals surface area contributed by atoms with Gasteiger partial charge in [0, 0.05) is 43.8 Å². The van der Waals surface area contributed by atoms with E-state index < -0.39 is 10.0 Å². The summed E-state index contributed by atoms with van der Waals surface area (Å²) < 4.78 is 29.7. The lowest BCUT2D eigenvalue weighted by molar-refractivity contribution is 0.271. The van der Waals surface area contributed by atoms with Crippen molar-refractivity contribution in [1.29, 1.82) is 0 Å². The molecule has 23 heavy (non-hydrogen) atoms. The van der Waals surface area contributed by atoms with Gasteiger partial charge in [0.2, 0.25) is 10.0 Å². The molecule has 0 bridgehead atoms. The summed E-state index contributed by atoms with van der Waals surface area (Å²) in [5, 5.41) is 5.05.